The molecule has 1 aromatic rings. The van der Waals surface area contributed by atoms with E-state index in [-0.39, 0.29) is 17.7 Å². The maximum Gasteiger partial charge on any atom is 0.165 e. The van der Waals surface area contributed by atoms with Crippen molar-refractivity contribution in [2.45, 2.75) is 13.1 Å². The highest BCUT2D eigenvalue weighted by Crippen LogP contribution is 2.25. The van der Waals surface area contributed by atoms with Gasteiger partial charge in [-0.2, -0.15) is 5.26 Å². The summed E-state index contributed by atoms with van der Waals surface area (Å²) >= 11 is 0. The first kappa shape index (κ1) is 10.5. The lowest BCUT2D eigenvalue weighted by molar-refractivity contribution is 0.381. The Morgan fingerprint density at radius 2 is 2.21 bits per heavy atom. The van der Waals surface area contributed by atoms with Crippen molar-refractivity contribution >= 4 is 0 Å². The number of benzene rings is 1. The first-order valence-electron chi connectivity index (χ1n) is 4.01. The minimum Gasteiger partial charge on any atom is -0.493 e. The van der Waals surface area contributed by atoms with Crippen molar-refractivity contribution < 1.29 is 13.5 Å². The molecule has 0 radical (unpaired) electrons. The summed E-state index contributed by atoms with van der Waals surface area (Å²) in [5.74, 6) is -0.614. The second-order valence-electron chi connectivity index (χ2n) is 2.74. The van der Waals surface area contributed by atoms with Gasteiger partial charge in [0.1, 0.15) is 6.67 Å². The van der Waals surface area contributed by atoms with Crippen molar-refractivity contribution in [3.8, 4) is 11.8 Å². The SMILES string of the molecule is COc1c(F)cc(CF)cc1CC#N. The molecular formula is C10H9F2NO. The Morgan fingerprint density at radius 1 is 1.50 bits per heavy atom. The highest BCUT2D eigenvalue weighted by molar-refractivity contribution is 5.40. The fourth-order valence-corrected chi connectivity index (χ4v) is 1.23. The maximum atomic E-state index is 13.2. The molecule has 0 aliphatic heterocycles. The Labute approximate surface area is 80.7 Å². The minimum atomic E-state index is -0.751. The first-order chi connectivity index (χ1) is 6.72. The quantitative estimate of drug-likeness (QED) is 0.745. The van der Waals surface area contributed by atoms with Gasteiger partial charge in [-0.1, -0.05) is 0 Å². The summed E-state index contributed by atoms with van der Waals surface area (Å²) in [5, 5.41) is 8.47. The van der Waals surface area contributed by atoms with Gasteiger partial charge < -0.3 is 4.74 Å². The Balaban J connectivity index is 3.22. The summed E-state index contributed by atoms with van der Waals surface area (Å²) in [5.41, 5.74) is 0.594. The van der Waals surface area contributed by atoms with E-state index in [9.17, 15) is 8.78 Å². The lowest BCUT2D eigenvalue weighted by Crippen LogP contribution is -1.97. The molecule has 0 amide bonds. The van der Waals surface area contributed by atoms with E-state index in [0.29, 0.717) is 5.56 Å². The van der Waals surface area contributed by atoms with Crippen molar-refractivity contribution in [2.24, 2.45) is 0 Å². The Morgan fingerprint density at radius 3 is 2.71 bits per heavy atom. The van der Waals surface area contributed by atoms with Gasteiger partial charge in [-0.05, 0) is 17.7 Å². The summed E-state index contributed by atoms with van der Waals surface area (Å²) in [7, 11) is 1.31. The van der Waals surface area contributed by atoms with Gasteiger partial charge in [-0.15, -0.1) is 0 Å². The third kappa shape index (κ3) is 1.99. The standard InChI is InChI=1S/C10H9F2NO/c1-14-10-8(2-3-13)4-7(6-11)5-9(10)12/h4-5H,2,6H2,1H3. The van der Waals surface area contributed by atoms with Gasteiger partial charge in [-0.25, -0.2) is 8.78 Å². The number of nitrogens with zero attached hydrogens (tertiary/aromatic N) is 1. The molecule has 4 heteroatoms. The van der Waals surface area contributed by atoms with E-state index < -0.39 is 12.5 Å². The zero-order valence-corrected chi connectivity index (χ0v) is 7.68. The number of ether oxygens (including phenoxy) is 1. The largest absolute Gasteiger partial charge is 0.493 e. The van der Waals surface area contributed by atoms with Crippen LogP contribution in [0.4, 0.5) is 8.78 Å². The summed E-state index contributed by atoms with van der Waals surface area (Å²) in [4.78, 5) is 0. The van der Waals surface area contributed by atoms with Crippen molar-refractivity contribution in [3.63, 3.8) is 0 Å². The molecule has 74 valence electrons. The van der Waals surface area contributed by atoms with Gasteiger partial charge in [0.05, 0.1) is 19.6 Å². The van der Waals surface area contributed by atoms with Gasteiger partial charge in [0.15, 0.2) is 11.6 Å². The van der Waals surface area contributed by atoms with E-state index in [1.807, 2.05) is 6.07 Å². The monoisotopic (exact) mass is 197 g/mol. The van der Waals surface area contributed by atoms with E-state index in [4.69, 9.17) is 10.00 Å². The number of alkyl halides is 1. The third-order valence-corrected chi connectivity index (χ3v) is 1.81. The third-order valence-electron chi connectivity index (χ3n) is 1.81. The molecular weight excluding hydrogens is 188 g/mol. The average Bonchev–Trinajstić information content (AvgIpc) is 2.18. The van der Waals surface area contributed by atoms with Crippen LogP contribution in [0.1, 0.15) is 11.1 Å². The molecule has 0 saturated heterocycles. The molecule has 2 nitrogen and oxygen atoms in total. The van der Waals surface area contributed by atoms with E-state index in [2.05, 4.69) is 0 Å². The number of methoxy groups -OCH3 is 1. The lowest BCUT2D eigenvalue weighted by Gasteiger charge is -2.08. The van der Waals surface area contributed by atoms with Crippen LogP contribution in [0.15, 0.2) is 12.1 Å². The molecule has 0 fully saturated rings. The van der Waals surface area contributed by atoms with Gasteiger partial charge in [0.2, 0.25) is 0 Å². The summed E-state index contributed by atoms with van der Waals surface area (Å²) in [6, 6.07) is 4.37. The number of hydrogen-bond acceptors (Lipinski definition) is 2. The number of rotatable bonds is 3. The summed E-state index contributed by atoms with van der Waals surface area (Å²) < 4.78 is 30.3. The molecule has 0 bridgehead atoms. The predicted octanol–water partition coefficient (Wildman–Crippen LogP) is 2.37. The van der Waals surface area contributed by atoms with Crippen molar-refractivity contribution in [1.29, 1.82) is 5.26 Å². The first-order valence-corrected chi connectivity index (χ1v) is 4.01. The van der Waals surface area contributed by atoms with Crippen LogP contribution in [0.3, 0.4) is 0 Å². The normalized spacial score (nSPS) is 9.57. The second kappa shape index (κ2) is 4.56. The van der Waals surface area contributed by atoms with Gasteiger partial charge >= 0.3 is 0 Å². The van der Waals surface area contributed by atoms with E-state index in [1.165, 1.54) is 13.2 Å². The average molecular weight is 197 g/mol. The Bertz CT molecular complexity index is 371. The summed E-state index contributed by atoms with van der Waals surface area (Å²) in [6.45, 7) is -0.751. The highest BCUT2D eigenvalue weighted by Gasteiger charge is 2.11. The van der Waals surface area contributed by atoms with Crippen LogP contribution in [0.5, 0.6) is 5.75 Å². The zero-order chi connectivity index (χ0) is 10.6. The van der Waals surface area contributed by atoms with Crippen LogP contribution in [0.25, 0.3) is 0 Å². The molecule has 14 heavy (non-hydrogen) atoms. The molecule has 0 atom stereocenters. The predicted molar refractivity (Wildman–Crippen MR) is 47.1 cm³/mol. The topological polar surface area (TPSA) is 33.0 Å². The zero-order valence-electron chi connectivity index (χ0n) is 7.68. The maximum absolute atomic E-state index is 13.2. The number of nitriles is 1. The van der Waals surface area contributed by atoms with Gasteiger partial charge in [0.25, 0.3) is 0 Å². The highest BCUT2D eigenvalue weighted by atomic mass is 19.1. The van der Waals surface area contributed by atoms with Gasteiger partial charge in [0, 0.05) is 5.56 Å². The van der Waals surface area contributed by atoms with E-state index in [1.54, 1.807) is 0 Å². The van der Waals surface area contributed by atoms with E-state index in [0.717, 1.165) is 6.07 Å². The second-order valence-corrected chi connectivity index (χ2v) is 2.74. The molecule has 0 heterocycles. The van der Waals surface area contributed by atoms with Crippen LogP contribution in [0, 0.1) is 17.1 Å². The van der Waals surface area contributed by atoms with Crippen LogP contribution in [-0.2, 0) is 13.1 Å². The fraction of sp³-hybridized carbons (Fsp3) is 0.300. The summed E-state index contributed by atoms with van der Waals surface area (Å²) in [6.07, 6.45) is 0.00787. The number of halogens is 2. The van der Waals surface area contributed by atoms with Crippen LogP contribution in [-0.4, -0.2) is 7.11 Å². The molecule has 0 saturated carbocycles. The molecule has 0 spiro atoms. The van der Waals surface area contributed by atoms with Crippen molar-refractivity contribution in [3.05, 3.63) is 29.1 Å². The van der Waals surface area contributed by atoms with E-state index >= 15 is 0 Å². The molecule has 0 aliphatic rings. The van der Waals surface area contributed by atoms with Gasteiger partial charge in [-0.3, -0.25) is 0 Å². The van der Waals surface area contributed by atoms with Crippen LogP contribution in [0.2, 0.25) is 0 Å². The molecule has 0 aromatic heterocycles. The smallest absolute Gasteiger partial charge is 0.165 e. The van der Waals surface area contributed by atoms with Crippen molar-refractivity contribution in [2.75, 3.05) is 7.11 Å². The molecule has 0 aliphatic carbocycles. The number of hydrogen-bond donors (Lipinski definition) is 0. The minimum absolute atomic E-state index is 0.00787. The van der Waals surface area contributed by atoms with Crippen LogP contribution >= 0.6 is 0 Å². The Kier molecular flexibility index (Phi) is 3.41. The molecule has 1 rings (SSSR count). The molecule has 0 N–H and O–H groups in total. The lowest BCUT2D eigenvalue weighted by atomic mass is 10.1. The molecule has 1 aromatic carbocycles. The van der Waals surface area contributed by atoms with Crippen molar-refractivity contribution in [1.82, 2.24) is 0 Å². The van der Waals surface area contributed by atoms with Crippen LogP contribution < -0.4 is 4.74 Å². The Hall–Kier alpha value is -1.63. The fourth-order valence-electron chi connectivity index (χ4n) is 1.23. The molecule has 0 unspecified atom stereocenters.